The third-order valence-corrected chi connectivity index (χ3v) is 5.56. The van der Waals surface area contributed by atoms with Crippen molar-refractivity contribution in [2.75, 3.05) is 16.0 Å². The minimum Gasteiger partial charge on any atom is -0.356 e. The van der Waals surface area contributed by atoms with Gasteiger partial charge in [-0.15, -0.1) is 11.8 Å². The van der Waals surface area contributed by atoms with Crippen molar-refractivity contribution in [2.24, 2.45) is 0 Å². The molecule has 1 atom stereocenters. The fourth-order valence-corrected chi connectivity index (χ4v) is 3.81. The van der Waals surface area contributed by atoms with Crippen molar-refractivity contribution in [3.8, 4) is 0 Å². The molecule has 1 aliphatic heterocycles. The predicted octanol–water partition coefficient (Wildman–Crippen LogP) is 5.12. The van der Waals surface area contributed by atoms with E-state index in [4.69, 9.17) is 0 Å². The first-order valence-corrected chi connectivity index (χ1v) is 9.81. The normalized spacial score (nSPS) is 15.3. The molecular weight excluding hydrogens is 370 g/mol. The second kappa shape index (κ2) is 7.78. The molecule has 6 heteroatoms. The Balaban J connectivity index is 1.44. The van der Waals surface area contributed by atoms with Crippen LogP contribution in [0.4, 0.5) is 22.7 Å². The van der Waals surface area contributed by atoms with E-state index in [0.29, 0.717) is 16.9 Å². The number of hydrogen-bond donors (Lipinski definition) is 3. The Bertz CT molecular complexity index is 1020. The zero-order chi connectivity index (χ0) is 19.5. The maximum Gasteiger partial charge on any atom is 0.255 e. The molecule has 0 saturated carbocycles. The van der Waals surface area contributed by atoms with E-state index in [1.807, 2.05) is 67.6 Å². The van der Waals surface area contributed by atoms with Crippen LogP contribution in [-0.2, 0) is 4.79 Å². The molecule has 4 rings (SSSR count). The first kappa shape index (κ1) is 18.1. The Kier molecular flexibility index (Phi) is 5.04. The zero-order valence-corrected chi connectivity index (χ0v) is 16.0. The van der Waals surface area contributed by atoms with Gasteiger partial charge in [0.05, 0.1) is 10.9 Å². The average Bonchev–Trinajstić information content (AvgIpc) is 2.71. The quantitative estimate of drug-likeness (QED) is 0.580. The van der Waals surface area contributed by atoms with E-state index in [2.05, 4.69) is 16.0 Å². The van der Waals surface area contributed by atoms with Crippen LogP contribution in [0.5, 0.6) is 0 Å². The molecular formula is C22H19N3O2S. The zero-order valence-electron chi connectivity index (χ0n) is 15.2. The summed E-state index contributed by atoms with van der Waals surface area (Å²) in [7, 11) is 0. The average molecular weight is 389 g/mol. The Morgan fingerprint density at radius 3 is 2.36 bits per heavy atom. The number of para-hydroxylation sites is 1. The van der Waals surface area contributed by atoms with Crippen molar-refractivity contribution in [3.63, 3.8) is 0 Å². The van der Waals surface area contributed by atoms with Crippen LogP contribution in [-0.4, -0.2) is 17.1 Å². The summed E-state index contributed by atoms with van der Waals surface area (Å²) in [5.74, 6) is -0.263. The van der Waals surface area contributed by atoms with Gasteiger partial charge >= 0.3 is 0 Å². The van der Waals surface area contributed by atoms with Gasteiger partial charge in [0, 0.05) is 27.5 Å². The van der Waals surface area contributed by atoms with Gasteiger partial charge in [-0.2, -0.15) is 0 Å². The topological polar surface area (TPSA) is 70.2 Å². The molecule has 0 aromatic heterocycles. The SMILES string of the molecule is CC1Sc2ccc(C(=O)Nc3ccc(Nc4ccccc4)cc3)cc2NC1=O. The summed E-state index contributed by atoms with van der Waals surface area (Å²) in [5, 5.41) is 8.91. The summed E-state index contributed by atoms with van der Waals surface area (Å²) in [6.07, 6.45) is 0. The molecule has 3 aromatic carbocycles. The highest BCUT2D eigenvalue weighted by Gasteiger charge is 2.23. The molecule has 28 heavy (non-hydrogen) atoms. The number of hydrogen-bond acceptors (Lipinski definition) is 4. The molecule has 0 fully saturated rings. The van der Waals surface area contributed by atoms with Crippen LogP contribution in [0.15, 0.2) is 77.7 Å². The van der Waals surface area contributed by atoms with Gasteiger partial charge in [-0.3, -0.25) is 9.59 Å². The van der Waals surface area contributed by atoms with Gasteiger partial charge in [-0.1, -0.05) is 18.2 Å². The van der Waals surface area contributed by atoms with Crippen LogP contribution in [0.3, 0.4) is 0 Å². The lowest BCUT2D eigenvalue weighted by atomic mass is 10.1. The standard InChI is InChI=1S/C22H19N3O2S/c1-14-21(26)25-19-13-15(7-12-20(19)28-14)22(27)24-18-10-8-17(9-11-18)23-16-5-3-2-4-6-16/h2-14,23H,1H3,(H,24,27)(H,25,26). The van der Waals surface area contributed by atoms with Crippen LogP contribution in [0, 0.1) is 0 Å². The molecule has 140 valence electrons. The number of amides is 2. The summed E-state index contributed by atoms with van der Waals surface area (Å²) in [5.41, 5.74) is 3.83. The third kappa shape index (κ3) is 4.02. The fourth-order valence-electron chi connectivity index (χ4n) is 2.88. The van der Waals surface area contributed by atoms with E-state index in [0.717, 1.165) is 16.3 Å². The van der Waals surface area contributed by atoms with E-state index in [1.54, 1.807) is 12.1 Å². The molecule has 5 nitrogen and oxygen atoms in total. The molecule has 0 saturated heterocycles. The molecule has 3 aromatic rings. The highest BCUT2D eigenvalue weighted by atomic mass is 32.2. The predicted molar refractivity (Wildman–Crippen MR) is 115 cm³/mol. The van der Waals surface area contributed by atoms with Crippen LogP contribution in [0.25, 0.3) is 0 Å². The van der Waals surface area contributed by atoms with Crippen LogP contribution >= 0.6 is 11.8 Å². The number of thioether (sulfide) groups is 1. The summed E-state index contributed by atoms with van der Waals surface area (Å²) in [6, 6.07) is 22.8. The lowest BCUT2D eigenvalue weighted by Gasteiger charge is -2.21. The number of nitrogens with one attached hydrogen (secondary N) is 3. The van der Waals surface area contributed by atoms with Crippen molar-refractivity contribution < 1.29 is 9.59 Å². The number of carbonyl (C=O) groups is 2. The van der Waals surface area contributed by atoms with Crippen molar-refractivity contribution in [1.29, 1.82) is 0 Å². The van der Waals surface area contributed by atoms with E-state index < -0.39 is 0 Å². The number of fused-ring (bicyclic) bond motifs is 1. The van der Waals surface area contributed by atoms with Gasteiger partial charge in [-0.05, 0) is 61.5 Å². The minimum absolute atomic E-state index is 0.0448. The van der Waals surface area contributed by atoms with Crippen LogP contribution < -0.4 is 16.0 Å². The third-order valence-electron chi connectivity index (χ3n) is 4.38. The van der Waals surface area contributed by atoms with Gasteiger partial charge < -0.3 is 16.0 Å². The molecule has 0 bridgehead atoms. The monoisotopic (exact) mass is 389 g/mol. The first-order chi connectivity index (χ1) is 13.6. The molecule has 1 aliphatic rings. The molecule has 1 unspecified atom stereocenters. The number of anilines is 4. The molecule has 3 N–H and O–H groups in total. The van der Waals surface area contributed by atoms with Crippen molar-refractivity contribution in [1.82, 2.24) is 0 Å². The smallest absolute Gasteiger partial charge is 0.255 e. The van der Waals surface area contributed by atoms with Crippen molar-refractivity contribution >= 4 is 46.3 Å². The van der Waals surface area contributed by atoms with E-state index in [-0.39, 0.29) is 17.1 Å². The molecule has 0 aliphatic carbocycles. The van der Waals surface area contributed by atoms with Gasteiger partial charge in [0.15, 0.2) is 0 Å². The Morgan fingerprint density at radius 1 is 0.929 bits per heavy atom. The number of benzene rings is 3. The largest absolute Gasteiger partial charge is 0.356 e. The minimum atomic E-state index is -0.218. The lowest BCUT2D eigenvalue weighted by molar-refractivity contribution is -0.115. The molecule has 2 amide bonds. The van der Waals surface area contributed by atoms with Gasteiger partial charge in [-0.25, -0.2) is 0 Å². The summed E-state index contributed by atoms with van der Waals surface area (Å²) >= 11 is 1.50. The maximum absolute atomic E-state index is 12.6. The second-order valence-corrected chi connectivity index (χ2v) is 7.87. The first-order valence-electron chi connectivity index (χ1n) is 8.93. The van der Waals surface area contributed by atoms with E-state index in [1.165, 1.54) is 11.8 Å². The number of rotatable bonds is 4. The van der Waals surface area contributed by atoms with Crippen molar-refractivity contribution in [3.05, 3.63) is 78.4 Å². The summed E-state index contributed by atoms with van der Waals surface area (Å²) in [4.78, 5) is 25.4. The van der Waals surface area contributed by atoms with Gasteiger partial charge in [0.1, 0.15) is 0 Å². The Hall–Kier alpha value is -3.25. The molecule has 0 radical (unpaired) electrons. The van der Waals surface area contributed by atoms with E-state index >= 15 is 0 Å². The highest BCUT2D eigenvalue weighted by Crippen LogP contribution is 2.36. The summed E-state index contributed by atoms with van der Waals surface area (Å²) < 4.78 is 0. The molecule has 0 spiro atoms. The fraction of sp³-hybridized carbons (Fsp3) is 0.0909. The van der Waals surface area contributed by atoms with Gasteiger partial charge in [0.2, 0.25) is 5.91 Å². The van der Waals surface area contributed by atoms with Crippen molar-refractivity contribution in [2.45, 2.75) is 17.1 Å². The lowest BCUT2D eigenvalue weighted by Crippen LogP contribution is -2.26. The maximum atomic E-state index is 12.6. The number of carbonyl (C=O) groups excluding carboxylic acids is 2. The Labute approximate surface area is 167 Å². The molecule has 1 heterocycles. The van der Waals surface area contributed by atoms with Gasteiger partial charge in [0.25, 0.3) is 5.91 Å². The Morgan fingerprint density at radius 2 is 1.61 bits per heavy atom. The van der Waals surface area contributed by atoms with E-state index in [9.17, 15) is 9.59 Å². The highest BCUT2D eigenvalue weighted by molar-refractivity contribution is 8.00. The summed E-state index contributed by atoms with van der Waals surface area (Å²) in [6.45, 7) is 1.86. The van der Waals surface area contributed by atoms with Crippen LogP contribution in [0.1, 0.15) is 17.3 Å². The van der Waals surface area contributed by atoms with Crippen LogP contribution in [0.2, 0.25) is 0 Å². The second-order valence-electron chi connectivity index (χ2n) is 6.48.